The maximum atomic E-state index is 5.96. The number of unbranched alkanes of at least 4 members (excludes halogenated alkanes) is 3. The van der Waals surface area contributed by atoms with Crippen LogP contribution in [0.1, 0.15) is 51.1 Å². The van der Waals surface area contributed by atoms with E-state index in [9.17, 15) is 0 Å². The number of nitrogens with one attached hydrogen (secondary N) is 1. The van der Waals surface area contributed by atoms with Gasteiger partial charge in [-0.05, 0) is 37.6 Å². The molecular formula is C14H22ClN. The molecule has 0 bridgehead atoms. The second-order valence-electron chi connectivity index (χ2n) is 4.29. The molecule has 2 heteroatoms. The van der Waals surface area contributed by atoms with E-state index in [1.165, 1.54) is 31.2 Å². The van der Waals surface area contributed by atoms with Crippen molar-refractivity contribution in [2.45, 2.75) is 45.6 Å². The van der Waals surface area contributed by atoms with Gasteiger partial charge in [0.05, 0.1) is 0 Å². The molecule has 1 N–H and O–H groups in total. The van der Waals surface area contributed by atoms with Gasteiger partial charge in [-0.1, -0.05) is 49.9 Å². The molecule has 90 valence electrons. The molecule has 0 saturated heterocycles. The lowest BCUT2D eigenvalue weighted by Crippen LogP contribution is -2.19. The second-order valence-corrected chi connectivity index (χ2v) is 4.73. The normalized spacial score (nSPS) is 12.7. The summed E-state index contributed by atoms with van der Waals surface area (Å²) in [4.78, 5) is 0. The largest absolute Gasteiger partial charge is 0.310 e. The number of hydrogen-bond donors (Lipinski definition) is 1. The van der Waals surface area contributed by atoms with Crippen molar-refractivity contribution in [2.24, 2.45) is 0 Å². The average Bonchev–Trinajstić information content (AvgIpc) is 2.28. The Hall–Kier alpha value is -0.530. The van der Waals surface area contributed by atoms with Gasteiger partial charge >= 0.3 is 0 Å². The fourth-order valence-corrected chi connectivity index (χ4v) is 1.96. The molecule has 0 amide bonds. The highest BCUT2D eigenvalue weighted by atomic mass is 35.5. The minimum absolute atomic E-state index is 0.389. The average molecular weight is 240 g/mol. The second kappa shape index (κ2) is 7.70. The first-order chi connectivity index (χ1) is 7.74. The Balaban J connectivity index is 2.27. The molecule has 1 rings (SSSR count). The lowest BCUT2D eigenvalue weighted by Gasteiger charge is -2.14. The van der Waals surface area contributed by atoms with Crippen LogP contribution in [-0.2, 0) is 0 Å². The summed E-state index contributed by atoms with van der Waals surface area (Å²) in [6.45, 7) is 5.52. The van der Waals surface area contributed by atoms with Crippen LogP contribution >= 0.6 is 11.6 Å². The first-order valence-corrected chi connectivity index (χ1v) is 6.60. The highest BCUT2D eigenvalue weighted by Gasteiger charge is 2.03. The maximum absolute atomic E-state index is 5.96. The van der Waals surface area contributed by atoms with Gasteiger partial charge in [0.1, 0.15) is 0 Å². The summed E-state index contributed by atoms with van der Waals surface area (Å²) in [6, 6.07) is 8.47. The highest BCUT2D eigenvalue weighted by molar-refractivity contribution is 6.30. The molecule has 1 nitrogen and oxygen atoms in total. The summed E-state index contributed by atoms with van der Waals surface area (Å²) < 4.78 is 0. The molecule has 0 fully saturated rings. The molecule has 16 heavy (non-hydrogen) atoms. The van der Waals surface area contributed by atoms with Crippen LogP contribution in [0.25, 0.3) is 0 Å². The molecule has 0 aliphatic heterocycles. The van der Waals surface area contributed by atoms with Crippen LogP contribution in [-0.4, -0.2) is 6.54 Å². The standard InChI is InChI=1S/C14H22ClN/c1-3-4-5-6-10-16-12(2)13-8-7-9-14(15)11-13/h7-9,11-12,16H,3-6,10H2,1-2H3/t12-/m0/s1. The van der Waals surface area contributed by atoms with E-state index in [1.807, 2.05) is 18.2 Å². The highest BCUT2D eigenvalue weighted by Crippen LogP contribution is 2.17. The van der Waals surface area contributed by atoms with Crippen molar-refractivity contribution >= 4 is 11.6 Å². The summed E-state index contributed by atoms with van der Waals surface area (Å²) in [6.07, 6.45) is 5.22. The van der Waals surface area contributed by atoms with E-state index in [0.29, 0.717) is 6.04 Å². The zero-order valence-corrected chi connectivity index (χ0v) is 11.1. The Labute approximate surface area is 104 Å². The summed E-state index contributed by atoms with van der Waals surface area (Å²) in [5, 5.41) is 4.34. The molecular weight excluding hydrogens is 218 g/mol. The van der Waals surface area contributed by atoms with Gasteiger partial charge in [-0.25, -0.2) is 0 Å². The van der Waals surface area contributed by atoms with Crippen molar-refractivity contribution in [3.63, 3.8) is 0 Å². The maximum Gasteiger partial charge on any atom is 0.0409 e. The van der Waals surface area contributed by atoms with Gasteiger partial charge in [0, 0.05) is 11.1 Å². The third-order valence-electron chi connectivity index (χ3n) is 2.83. The van der Waals surface area contributed by atoms with Crippen LogP contribution < -0.4 is 5.32 Å². The fraction of sp³-hybridized carbons (Fsp3) is 0.571. The Bertz CT molecular complexity index is 299. The van der Waals surface area contributed by atoms with E-state index < -0.39 is 0 Å². The van der Waals surface area contributed by atoms with Crippen LogP contribution in [0.4, 0.5) is 0 Å². The van der Waals surface area contributed by atoms with E-state index >= 15 is 0 Å². The smallest absolute Gasteiger partial charge is 0.0409 e. The van der Waals surface area contributed by atoms with Crippen molar-refractivity contribution in [3.05, 3.63) is 34.9 Å². The molecule has 1 aromatic rings. The lowest BCUT2D eigenvalue weighted by atomic mass is 10.1. The Morgan fingerprint density at radius 3 is 2.75 bits per heavy atom. The van der Waals surface area contributed by atoms with Gasteiger partial charge in [-0.3, -0.25) is 0 Å². The quantitative estimate of drug-likeness (QED) is 0.688. The molecule has 1 aromatic carbocycles. The minimum atomic E-state index is 0.389. The van der Waals surface area contributed by atoms with E-state index in [1.54, 1.807) is 0 Å². The first-order valence-electron chi connectivity index (χ1n) is 6.23. The van der Waals surface area contributed by atoms with Gasteiger partial charge in [0.25, 0.3) is 0 Å². The van der Waals surface area contributed by atoms with Gasteiger partial charge in [0.15, 0.2) is 0 Å². The molecule has 0 aromatic heterocycles. The molecule has 0 aliphatic carbocycles. The Morgan fingerprint density at radius 2 is 2.06 bits per heavy atom. The van der Waals surface area contributed by atoms with Crippen molar-refractivity contribution in [3.8, 4) is 0 Å². The zero-order valence-electron chi connectivity index (χ0n) is 10.3. The molecule has 1 atom stereocenters. The Morgan fingerprint density at radius 1 is 1.25 bits per heavy atom. The first kappa shape index (κ1) is 13.5. The minimum Gasteiger partial charge on any atom is -0.310 e. The summed E-state index contributed by atoms with van der Waals surface area (Å²) in [5.41, 5.74) is 1.27. The summed E-state index contributed by atoms with van der Waals surface area (Å²) >= 11 is 5.96. The third kappa shape index (κ3) is 5.00. The van der Waals surface area contributed by atoms with Crippen molar-refractivity contribution in [1.29, 1.82) is 0 Å². The zero-order chi connectivity index (χ0) is 11.8. The number of benzene rings is 1. The van der Waals surface area contributed by atoms with Crippen LogP contribution in [0.2, 0.25) is 5.02 Å². The number of hydrogen-bond acceptors (Lipinski definition) is 1. The molecule has 0 radical (unpaired) electrons. The predicted octanol–water partition coefficient (Wildman–Crippen LogP) is 4.57. The van der Waals surface area contributed by atoms with E-state index in [2.05, 4.69) is 25.2 Å². The lowest BCUT2D eigenvalue weighted by molar-refractivity contribution is 0.536. The number of halogens is 1. The predicted molar refractivity (Wildman–Crippen MR) is 72.0 cm³/mol. The monoisotopic (exact) mass is 239 g/mol. The SMILES string of the molecule is CCCCCCN[C@@H](C)c1cccc(Cl)c1. The fourth-order valence-electron chi connectivity index (χ4n) is 1.76. The van der Waals surface area contributed by atoms with Crippen LogP contribution in [0, 0.1) is 0 Å². The summed E-state index contributed by atoms with van der Waals surface area (Å²) in [5.74, 6) is 0. The van der Waals surface area contributed by atoms with Gasteiger partial charge < -0.3 is 5.32 Å². The van der Waals surface area contributed by atoms with Crippen LogP contribution in [0.5, 0.6) is 0 Å². The van der Waals surface area contributed by atoms with Gasteiger partial charge in [-0.15, -0.1) is 0 Å². The molecule has 0 heterocycles. The van der Waals surface area contributed by atoms with E-state index in [-0.39, 0.29) is 0 Å². The molecule has 0 unspecified atom stereocenters. The third-order valence-corrected chi connectivity index (χ3v) is 3.06. The topological polar surface area (TPSA) is 12.0 Å². The molecule has 0 aliphatic rings. The molecule has 0 saturated carbocycles. The van der Waals surface area contributed by atoms with Gasteiger partial charge in [0.2, 0.25) is 0 Å². The van der Waals surface area contributed by atoms with Gasteiger partial charge in [-0.2, -0.15) is 0 Å². The van der Waals surface area contributed by atoms with Crippen LogP contribution in [0.15, 0.2) is 24.3 Å². The van der Waals surface area contributed by atoms with Crippen LogP contribution in [0.3, 0.4) is 0 Å². The van der Waals surface area contributed by atoms with Crippen molar-refractivity contribution in [2.75, 3.05) is 6.54 Å². The summed E-state index contributed by atoms with van der Waals surface area (Å²) in [7, 11) is 0. The van der Waals surface area contributed by atoms with Crippen molar-refractivity contribution < 1.29 is 0 Å². The molecule has 0 spiro atoms. The van der Waals surface area contributed by atoms with E-state index in [0.717, 1.165) is 11.6 Å². The van der Waals surface area contributed by atoms with E-state index in [4.69, 9.17) is 11.6 Å². The number of rotatable bonds is 7. The Kier molecular flexibility index (Phi) is 6.51. The van der Waals surface area contributed by atoms with Crippen molar-refractivity contribution in [1.82, 2.24) is 5.32 Å².